The minimum Gasteiger partial charge on any atom is -0.337 e. The van der Waals surface area contributed by atoms with Gasteiger partial charge in [-0.1, -0.05) is 32.3 Å². The lowest BCUT2D eigenvalue weighted by atomic mass is 9.96. The molecule has 2 aromatic rings. The average molecular weight is 504 g/mol. The van der Waals surface area contributed by atoms with Gasteiger partial charge in [-0.05, 0) is 81.5 Å². The first-order valence-corrected chi connectivity index (χ1v) is 14.6. The van der Waals surface area contributed by atoms with Crippen LogP contribution in [-0.4, -0.2) is 52.1 Å². The largest absolute Gasteiger partial charge is 0.337 e. The van der Waals surface area contributed by atoms with Crippen LogP contribution in [0.1, 0.15) is 105 Å². The maximum atomic E-state index is 13.9. The topological polar surface area (TPSA) is 71.4 Å². The Morgan fingerprint density at radius 2 is 1.86 bits per heavy atom. The van der Waals surface area contributed by atoms with Gasteiger partial charge in [-0.15, -0.1) is 0 Å². The second-order valence-electron chi connectivity index (χ2n) is 12.2. The highest BCUT2D eigenvalue weighted by atomic mass is 16.2. The number of piperidine rings is 1. The van der Waals surface area contributed by atoms with E-state index in [1.807, 2.05) is 22.6 Å². The number of aromatic nitrogens is 1. The van der Waals surface area contributed by atoms with Crippen molar-refractivity contribution in [2.24, 2.45) is 5.41 Å². The molecule has 198 valence electrons. The van der Waals surface area contributed by atoms with E-state index in [1.54, 1.807) is 6.92 Å². The van der Waals surface area contributed by atoms with E-state index in [1.165, 1.54) is 49.7 Å². The van der Waals surface area contributed by atoms with Crippen LogP contribution in [0.4, 0.5) is 0 Å². The Morgan fingerprint density at radius 1 is 1.08 bits per heavy atom. The molecule has 1 amide bonds. The van der Waals surface area contributed by atoms with Crippen LogP contribution >= 0.6 is 0 Å². The first kappa shape index (κ1) is 24.8. The molecule has 1 aromatic carbocycles. The second-order valence-corrected chi connectivity index (χ2v) is 12.2. The normalized spacial score (nSPS) is 28.7. The Hall–Kier alpha value is -2.47. The van der Waals surface area contributed by atoms with E-state index in [9.17, 15) is 14.4 Å². The summed E-state index contributed by atoms with van der Waals surface area (Å²) in [5.74, 6) is 0.843. The van der Waals surface area contributed by atoms with Crippen LogP contribution in [-0.2, 0) is 22.6 Å². The first-order chi connectivity index (χ1) is 17.9. The second kappa shape index (κ2) is 9.68. The van der Waals surface area contributed by atoms with Gasteiger partial charge in [0.15, 0.2) is 11.6 Å². The molecule has 0 unspecified atom stereocenters. The van der Waals surface area contributed by atoms with Crippen molar-refractivity contribution in [2.45, 2.75) is 109 Å². The summed E-state index contributed by atoms with van der Waals surface area (Å²) in [5, 5.41) is 4.66. The number of nitrogens with zero attached hydrogens (tertiary/aromatic N) is 2. The molecule has 2 saturated carbocycles. The summed E-state index contributed by atoms with van der Waals surface area (Å²) in [5.41, 5.74) is 4.44. The summed E-state index contributed by atoms with van der Waals surface area (Å²) in [6.07, 6.45) is 13.5. The third-order valence-corrected chi connectivity index (χ3v) is 9.51. The zero-order valence-corrected chi connectivity index (χ0v) is 22.5. The van der Waals surface area contributed by atoms with Crippen molar-refractivity contribution in [2.75, 3.05) is 13.1 Å². The lowest BCUT2D eigenvalue weighted by Crippen LogP contribution is -2.44. The molecule has 1 saturated heterocycles. The number of ketones is 2. The first-order valence-electron chi connectivity index (χ1n) is 14.6. The molecule has 3 heterocycles. The smallest absolute Gasteiger partial charge is 0.243 e. The third-order valence-electron chi connectivity index (χ3n) is 9.51. The molecule has 6 nitrogen and oxygen atoms in total. The van der Waals surface area contributed by atoms with Crippen molar-refractivity contribution in [1.82, 2.24) is 14.8 Å². The van der Waals surface area contributed by atoms with Gasteiger partial charge < -0.3 is 14.8 Å². The lowest BCUT2D eigenvalue weighted by molar-refractivity contribution is -0.139. The molecular weight excluding hydrogens is 462 g/mol. The van der Waals surface area contributed by atoms with Gasteiger partial charge in [-0.2, -0.15) is 0 Å². The molecule has 6 rings (SSSR count). The van der Waals surface area contributed by atoms with Gasteiger partial charge in [0, 0.05) is 41.6 Å². The van der Waals surface area contributed by atoms with E-state index in [2.05, 4.69) is 17.4 Å². The summed E-state index contributed by atoms with van der Waals surface area (Å²) in [6.45, 7) is 5.63. The van der Waals surface area contributed by atoms with E-state index in [0.29, 0.717) is 17.9 Å². The number of carbonyl (C=O) groups is 3. The van der Waals surface area contributed by atoms with Crippen molar-refractivity contribution in [1.29, 1.82) is 0 Å². The van der Waals surface area contributed by atoms with Crippen molar-refractivity contribution < 1.29 is 14.4 Å². The van der Waals surface area contributed by atoms with Crippen molar-refractivity contribution >= 4 is 28.4 Å². The number of amides is 1. The fraction of sp³-hybridized carbons (Fsp3) is 0.645. The number of carbonyl (C=O) groups excluding carboxylic acids is 3. The Bertz CT molecular complexity index is 1240. The Kier molecular flexibility index (Phi) is 6.50. The minimum atomic E-state index is -0.313. The van der Waals surface area contributed by atoms with E-state index in [0.717, 1.165) is 49.7 Å². The fourth-order valence-electron chi connectivity index (χ4n) is 7.22. The van der Waals surface area contributed by atoms with Crippen LogP contribution < -0.4 is 5.32 Å². The number of nitrogens with one attached hydrogen (secondary N) is 1. The van der Waals surface area contributed by atoms with Gasteiger partial charge in [0.1, 0.15) is 6.54 Å². The molecule has 2 bridgehead atoms. The molecular formula is C31H41N3O3. The number of rotatable bonds is 4. The minimum absolute atomic E-state index is 0.0183. The van der Waals surface area contributed by atoms with Gasteiger partial charge in [0.25, 0.3) is 0 Å². The molecule has 6 heteroatoms. The molecule has 4 aliphatic rings. The van der Waals surface area contributed by atoms with Crippen molar-refractivity contribution in [3.8, 4) is 0 Å². The summed E-state index contributed by atoms with van der Waals surface area (Å²) >= 11 is 0. The molecule has 1 N–H and O–H groups in total. The van der Waals surface area contributed by atoms with Gasteiger partial charge in [-0.25, -0.2) is 0 Å². The van der Waals surface area contributed by atoms with Crippen LogP contribution in [0.2, 0.25) is 0 Å². The highest BCUT2D eigenvalue weighted by Crippen LogP contribution is 2.59. The van der Waals surface area contributed by atoms with Crippen molar-refractivity contribution in [3.63, 3.8) is 0 Å². The van der Waals surface area contributed by atoms with Gasteiger partial charge >= 0.3 is 0 Å². The monoisotopic (exact) mass is 503 g/mol. The number of benzene rings is 1. The number of hydrogen-bond donors (Lipinski definition) is 1. The van der Waals surface area contributed by atoms with Gasteiger partial charge in [0.05, 0.1) is 11.6 Å². The van der Waals surface area contributed by atoms with Crippen LogP contribution in [0.15, 0.2) is 18.3 Å². The number of aryl methyl sites for hydroxylation is 1. The summed E-state index contributed by atoms with van der Waals surface area (Å²) in [6, 6.07) is 4.41. The van der Waals surface area contributed by atoms with Crippen LogP contribution in [0.3, 0.4) is 0 Å². The molecule has 2 aliphatic carbocycles. The van der Waals surface area contributed by atoms with Crippen LogP contribution in [0.25, 0.3) is 10.9 Å². The molecule has 3 atom stereocenters. The van der Waals surface area contributed by atoms with Gasteiger partial charge in [0.2, 0.25) is 5.91 Å². The highest BCUT2D eigenvalue weighted by molar-refractivity contribution is 6.08. The third kappa shape index (κ3) is 4.56. The molecule has 0 radical (unpaired) electrons. The Labute approximate surface area is 220 Å². The van der Waals surface area contributed by atoms with E-state index in [4.69, 9.17) is 0 Å². The van der Waals surface area contributed by atoms with Crippen LogP contribution in [0, 0.1) is 5.41 Å². The molecule has 3 fully saturated rings. The SMILES string of the molecule is CCC(=O)[C@@H]1C[C@]23CNCCCCCCCc4cc(C5CC5)cc5c(C(C)=O)cn(c45)CC(=O)N1[C@@H]2C3. The van der Waals surface area contributed by atoms with Crippen LogP contribution in [0.5, 0.6) is 0 Å². The lowest BCUT2D eigenvalue weighted by Gasteiger charge is -2.27. The summed E-state index contributed by atoms with van der Waals surface area (Å²) in [4.78, 5) is 41.6. The maximum Gasteiger partial charge on any atom is 0.243 e. The maximum absolute atomic E-state index is 13.9. The van der Waals surface area contributed by atoms with Crippen molar-refractivity contribution in [3.05, 3.63) is 35.0 Å². The highest BCUT2D eigenvalue weighted by Gasteiger charge is 2.66. The Morgan fingerprint density at radius 3 is 2.62 bits per heavy atom. The number of Topliss-reactive ketones (excluding diaryl/α,β-unsaturated/α-hetero) is 2. The summed E-state index contributed by atoms with van der Waals surface area (Å²) in [7, 11) is 0. The summed E-state index contributed by atoms with van der Waals surface area (Å²) < 4.78 is 2.03. The van der Waals surface area contributed by atoms with E-state index < -0.39 is 0 Å². The van der Waals surface area contributed by atoms with E-state index in [-0.39, 0.29) is 41.5 Å². The molecule has 37 heavy (non-hydrogen) atoms. The van der Waals surface area contributed by atoms with Gasteiger partial charge in [-0.3, -0.25) is 14.4 Å². The molecule has 0 spiro atoms. The predicted molar refractivity (Wildman–Crippen MR) is 145 cm³/mol. The average Bonchev–Trinajstić information content (AvgIpc) is 3.79. The van der Waals surface area contributed by atoms with E-state index >= 15 is 0 Å². The molecule has 1 aromatic heterocycles. The Balaban J connectivity index is 1.41. The predicted octanol–water partition coefficient (Wildman–Crippen LogP) is 5.16. The fourth-order valence-corrected chi connectivity index (χ4v) is 7.22. The number of hydrogen-bond acceptors (Lipinski definition) is 4. The zero-order chi connectivity index (χ0) is 25.7. The zero-order valence-electron chi connectivity index (χ0n) is 22.5. The quantitative estimate of drug-likeness (QED) is 0.586. The standard InChI is InChI=1S/C31H41N3O3/c1-3-27(36)26-15-31-16-28(31)34(26)29(37)18-33-17-25(20(2)35)24-14-23(21-10-11-21)13-22(30(24)33)9-7-5-4-6-8-12-32-19-31/h13-14,17,21,26,28,32H,3-12,15-16,18-19H2,1-2H3/t26-,28+,31-/m0/s1. The molecule has 2 aliphatic heterocycles.